The molecule has 2 aromatic heterocycles. The third-order valence-corrected chi connectivity index (χ3v) is 3.03. The van der Waals surface area contributed by atoms with Gasteiger partial charge in [0, 0.05) is 5.69 Å². The lowest BCUT2D eigenvalue weighted by molar-refractivity contribution is 1.18. The molecule has 0 aliphatic heterocycles. The topological polar surface area (TPSA) is 25.8 Å². The maximum Gasteiger partial charge on any atom is 0.154 e. The van der Waals surface area contributed by atoms with Crippen molar-refractivity contribution in [2.75, 3.05) is 0 Å². The number of pyridine rings is 1. The Morgan fingerprint density at radius 1 is 1.46 bits per heavy atom. The van der Waals surface area contributed by atoms with Crippen LogP contribution < -0.4 is 0 Å². The van der Waals surface area contributed by atoms with Crippen molar-refractivity contribution in [2.24, 2.45) is 0 Å². The lowest BCUT2D eigenvalue weighted by atomic mass is 10.3. The molecule has 2 aromatic rings. The molecule has 0 spiro atoms. The summed E-state index contributed by atoms with van der Waals surface area (Å²) in [5.41, 5.74) is 5.58. The second-order valence-electron chi connectivity index (χ2n) is 2.59. The minimum Gasteiger partial charge on any atom is -0.251 e. The molecule has 2 heterocycles. The highest BCUT2D eigenvalue weighted by Crippen LogP contribution is 2.28. The summed E-state index contributed by atoms with van der Waals surface area (Å²) in [6, 6.07) is 5.89. The first-order chi connectivity index (χ1) is 6.27. The molecule has 13 heavy (non-hydrogen) atoms. The predicted molar refractivity (Wildman–Crippen MR) is 56.6 cm³/mol. The summed E-state index contributed by atoms with van der Waals surface area (Å²) in [5.74, 6) is 0. The van der Waals surface area contributed by atoms with Gasteiger partial charge in [-0.3, -0.25) is 4.98 Å². The van der Waals surface area contributed by atoms with Crippen molar-refractivity contribution in [3.63, 3.8) is 0 Å². The van der Waals surface area contributed by atoms with Crippen LogP contribution in [0.5, 0.6) is 0 Å². The second-order valence-corrected chi connectivity index (χ2v) is 4.70. The summed E-state index contributed by atoms with van der Waals surface area (Å²) in [6.45, 7) is 1.97. The molecular weight excluding hydrogens is 248 g/mol. The van der Waals surface area contributed by atoms with Crippen LogP contribution in [0.25, 0.3) is 11.4 Å². The molecule has 0 N–H and O–H groups in total. The Morgan fingerprint density at radius 2 is 2.31 bits per heavy atom. The first-order valence-corrected chi connectivity index (χ1v) is 5.35. The molecule has 0 amide bonds. The van der Waals surface area contributed by atoms with Crippen molar-refractivity contribution >= 4 is 27.3 Å². The lowest BCUT2D eigenvalue weighted by Crippen LogP contribution is -1.86. The Kier molecular flexibility index (Phi) is 2.42. The van der Waals surface area contributed by atoms with Crippen LogP contribution in [0.15, 0.2) is 22.0 Å². The van der Waals surface area contributed by atoms with Crippen molar-refractivity contribution < 1.29 is 0 Å². The number of hydrogen-bond acceptors (Lipinski definition) is 3. The van der Waals surface area contributed by atoms with E-state index in [0.717, 1.165) is 20.9 Å². The van der Waals surface area contributed by atoms with Crippen LogP contribution in [0.1, 0.15) is 5.69 Å². The van der Waals surface area contributed by atoms with Crippen molar-refractivity contribution in [3.8, 4) is 11.4 Å². The van der Waals surface area contributed by atoms with E-state index in [9.17, 15) is 0 Å². The monoisotopic (exact) mass is 253 g/mol. The Hall–Kier alpha value is -0.740. The molecule has 0 bridgehead atoms. The Bertz CT molecular complexity index is 425. The number of hydrogen-bond donors (Lipinski definition) is 0. The molecule has 0 saturated heterocycles. The van der Waals surface area contributed by atoms with Crippen LogP contribution in [0.4, 0.5) is 0 Å². The van der Waals surface area contributed by atoms with E-state index in [1.54, 1.807) is 0 Å². The molecule has 0 saturated carbocycles. The van der Waals surface area contributed by atoms with Gasteiger partial charge in [0.05, 0.1) is 9.48 Å². The van der Waals surface area contributed by atoms with E-state index < -0.39 is 0 Å². The van der Waals surface area contributed by atoms with Crippen LogP contribution in [0.3, 0.4) is 0 Å². The number of rotatable bonds is 1. The molecule has 4 heteroatoms. The lowest BCUT2D eigenvalue weighted by Gasteiger charge is -1.97. The minimum absolute atomic E-state index is 0.869. The van der Waals surface area contributed by atoms with E-state index in [4.69, 9.17) is 0 Å². The molecule has 0 aliphatic carbocycles. The third-order valence-electron chi connectivity index (χ3n) is 1.61. The predicted octanol–water partition coefficient (Wildman–Crippen LogP) is 3.08. The fraction of sp³-hybridized carbons (Fsp3) is 0.111. The fourth-order valence-corrected chi connectivity index (χ4v) is 2.01. The first kappa shape index (κ1) is 8.84. The normalized spacial score (nSPS) is 10.3. The van der Waals surface area contributed by atoms with Gasteiger partial charge in [0.1, 0.15) is 5.69 Å². The van der Waals surface area contributed by atoms with Gasteiger partial charge in [0.2, 0.25) is 0 Å². The molecule has 2 rings (SSSR count). The van der Waals surface area contributed by atoms with Gasteiger partial charge < -0.3 is 0 Å². The van der Waals surface area contributed by atoms with Gasteiger partial charge in [0.25, 0.3) is 0 Å². The summed E-state index contributed by atoms with van der Waals surface area (Å²) in [7, 11) is 0. The van der Waals surface area contributed by atoms with Gasteiger partial charge in [-0.15, -0.1) is 11.3 Å². The molecule has 0 aliphatic rings. The molecule has 1 radical (unpaired) electrons. The van der Waals surface area contributed by atoms with E-state index in [2.05, 4.69) is 31.4 Å². The zero-order valence-electron chi connectivity index (χ0n) is 6.91. The van der Waals surface area contributed by atoms with Crippen LogP contribution in [-0.4, -0.2) is 9.97 Å². The summed E-state index contributed by atoms with van der Waals surface area (Å²) >= 11 is 4.86. The molecule has 65 valence electrons. The highest BCUT2D eigenvalue weighted by molar-refractivity contribution is 9.11. The Morgan fingerprint density at radius 3 is 2.92 bits per heavy atom. The minimum atomic E-state index is 0.869. The van der Waals surface area contributed by atoms with Gasteiger partial charge in [-0.2, -0.15) is 0 Å². The highest BCUT2D eigenvalue weighted by Gasteiger charge is 2.07. The maximum absolute atomic E-state index is 4.37. The summed E-state index contributed by atoms with van der Waals surface area (Å²) in [5, 5.41) is 0. The van der Waals surface area contributed by atoms with Crippen molar-refractivity contribution in [3.05, 3.63) is 33.2 Å². The summed E-state index contributed by atoms with van der Waals surface area (Å²) in [4.78, 5) is 8.48. The maximum atomic E-state index is 4.37. The highest BCUT2D eigenvalue weighted by atomic mass is 79.9. The van der Waals surface area contributed by atoms with Crippen LogP contribution in [0.2, 0.25) is 0 Å². The summed E-state index contributed by atoms with van der Waals surface area (Å²) < 4.78 is 0.977. The van der Waals surface area contributed by atoms with Crippen molar-refractivity contribution in [2.45, 2.75) is 6.92 Å². The number of aryl methyl sites for hydroxylation is 1. The second kappa shape index (κ2) is 3.55. The van der Waals surface area contributed by atoms with E-state index in [1.165, 1.54) is 11.3 Å². The number of aromatic nitrogens is 2. The largest absolute Gasteiger partial charge is 0.251 e. The molecule has 0 atom stereocenters. The Balaban J connectivity index is 2.53. The average molecular weight is 254 g/mol. The standard InChI is InChI=1S/C9H6BrN2S/c1-6-3-2-4-7(12-6)8-9(10)13-5-11-8/h2-4H,1H3. The zero-order valence-corrected chi connectivity index (χ0v) is 9.32. The van der Waals surface area contributed by atoms with Gasteiger partial charge in [-0.05, 0) is 35.0 Å². The van der Waals surface area contributed by atoms with E-state index >= 15 is 0 Å². The molecule has 0 fully saturated rings. The van der Waals surface area contributed by atoms with E-state index in [1.807, 2.05) is 25.1 Å². The van der Waals surface area contributed by atoms with Gasteiger partial charge in [0.15, 0.2) is 5.51 Å². The molecule has 0 unspecified atom stereocenters. The third kappa shape index (κ3) is 1.78. The SMILES string of the molecule is Cc1cccc(-c2n[c]sc2Br)n1. The van der Waals surface area contributed by atoms with Crippen molar-refractivity contribution in [1.29, 1.82) is 0 Å². The van der Waals surface area contributed by atoms with Gasteiger partial charge >= 0.3 is 0 Å². The number of nitrogens with zero attached hydrogens (tertiary/aromatic N) is 2. The molecule has 0 aromatic carbocycles. The van der Waals surface area contributed by atoms with E-state index in [-0.39, 0.29) is 0 Å². The molecule has 2 nitrogen and oxygen atoms in total. The number of halogens is 1. The first-order valence-electron chi connectivity index (χ1n) is 3.74. The smallest absolute Gasteiger partial charge is 0.154 e. The number of thiazole rings is 1. The van der Waals surface area contributed by atoms with Gasteiger partial charge in [-0.25, -0.2) is 4.98 Å². The van der Waals surface area contributed by atoms with Crippen molar-refractivity contribution in [1.82, 2.24) is 9.97 Å². The van der Waals surface area contributed by atoms with Crippen LogP contribution in [0, 0.1) is 12.4 Å². The Labute approximate surface area is 88.8 Å². The average Bonchev–Trinajstić information content (AvgIpc) is 2.51. The molecular formula is C9H6BrN2S. The fourth-order valence-electron chi connectivity index (χ4n) is 1.03. The van der Waals surface area contributed by atoms with Crippen LogP contribution in [-0.2, 0) is 0 Å². The summed E-state index contributed by atoms with van der Waals surface area (Å²) in [6.07, 6.45) is 0. The van der Waals surface area contributed by atoms with E-state index in [0.29, 0.717) is 0 Å². The van der Waals surface area contributed by atoms with Gasteiger partial charge in [-0.1, -0.05) is 6.07 Å². The zero-order chi connectivity index (χ0) is 9.26. The quantitative estimate of drug-likeness (QED) is 0.781. The van der Waals surface area contributed by atoms with Crippen LogP contribution >= 0.6 is 27.3 Å².